The number of H-pyrrole nitrogens is 1. The molecular formula is C10H8N2OSe. The SMILES string of the molecule is N#C[SeH].O=c1[nH]ccc2ccccc12. The first-order valence-corrected chi connectivity index (χ1v) is 4.83. The monoisotopic (exact) mass is 252 g/mol. The molecular weight excluding hydrogens is 243 g/mol. The molecule has 70 valence electrons. The van der Waals surface area contributed by atoms with Gasteiger partial charge in [0.25, 0.3) is 5.56 Å². The average Bonchev–Trinajstić information content (AvgIpc) is 2.20. The third-order valence-corrected chi connectivity index (χ3v) is 1.68. The number of nitrogens with one attached hydrogen (secondary N) is 1. The second-order valence-corrected chi connectivity index (χ2v) is 2.91. The minimum Gasteiger partial charge on any atom is -0.329 e. The molecule has 0 amide bonds. The molecule has 0 fully saturated rings. The topological polar surface area (TPSA) is 56.6 Å². The number of rotatable bonds is 0. The van der Waals surface area contributed by atoms with Gasteiger partial charge >= 0.3 is 26.2 Å². The van der Waals surface area contributed by atoms with E-state index in [1.165, 1.54) is 0 Å². The Labute approximate surface area is 89.2 Å². The summed E-state index contributed by atoms with van der Waals surface area (Å²) in [7, 11) is 0. The molecule has 2 rings (SSSR count). The summed E-state index contributed by atoms with van der Waals surface area (Å²) in [5.74, 6) is 0. The second-order valence-electron chi connectivity index (χ2n) is 2.49. The average molecular weight is 251 g/mol. The van der Waals surface area contributed by atoms with Gasteiger partial charge in [-0.25, -0.2) is 0 Å². The van der Waals surface area contributed by atoms with Gasteiger partial charge in [0.2, 0.25) is 0 Å². The van der Waals surface area contributed by atoms with E-state index < -0.39 is 0 Å². The van der Waals surface area contributed by atoms with Gasteiger partial charge in [0.05, 0.1) is 0 Å². The zero-order valence-corrected chi connectivity index (χ0v) is 9.14. The van der Waals surface area contributed by atoms with E-state index in [0.717, 1.165) is 10.8 Å². The number of hydrogen-bond acceptors (Lipinski definition) is 2. The van der Waals surface area contributed by atoms with Gasteiger partial charge in [0, 0.05) is 11.6 Å². The van der Waals surface area contributed by atoms with Crippen molar-refractivity contribution in [1.29, 1.82) is 5.26 Å². The van der Waals surface area contributed by atoms with Gasteiger partial charge in [-0.05, 0) is 17.5 Å². The quantitative estimate of drug-likeness (QED) is 0.707. The van der Waals surface area contributed by atoms with Crippen LogP contribution in [0.3, 0.4) is 0 Å². The van der Waals surface area contributed by atoms with Gasteiger partial charge in [-0.3, -0.25) is 4.79 Å². The summed E-state index contributed by atoms with van der Waals surface area (Å²) in [6.07, 6.45) is 1.66. The fraction of sp³-hybridized carbons (Fsp3) is 0. The molecule has 0 unspecified atom stereocenters. The van der Waals surface area contributed by atoms with Crippen LogP contribution in [-0.2, 0) is 0 Å². The Morgan fingerprint density at radius 1 is 1.29 bits per heavy atom. The molecule has 14 heavy (non-hydrogen) atoms. The summed E-state index contributed by atoms with van der Waals surface area (Å²) in [4.78, 5) is 15.4. The predicted molar refractivity (Wildman–Crippen MR) is 57.3 cm³/mol. The summed E-state index contributed by atoms with van der Waals surface area (Å²) in [5, 5.41) is 9.02. The number of nitriles is 1. The Bertz CT molecular complexity index is 508. The van der Waals surface area contributed by atoms with Crippen LogP contribution in [0.1, 0.15) is 0 Å². The largest absolute Gasteiger partial charge is 0.329 e. The van der Waals surface area contributed by atoms with Crippen molar-refractivity contribution in [2.24, 2.45) is 0 Å². The number of hydrogen-bond donors (Lipinski definition) is 1. The minimum atomic E-state index is -0.0249. The molecule has 0 spiro atoms. The van der Waals surface area contributed by atoms with E-state index >= 15 is 0 Å². The van der Waals surface area contributed by atoms with Crippen LogP contribution in [0.25, 0.3) is 10.8 Å². The summed E-state index contributed by atoms with van der Waals surface area (Å²) in [6.45, 7) is 0. The molecule has 0 radical (unpaired) electrons. The maximum atomic E-state index is 11.1. The molecule has 0 bridgehead atoms. The van der Waals surface area contributed by atoms with Crippen LogP contribution in [0.15, 0.2) is 41.3 Å². The Kier molecular flexibility index (Phi) is 3.93. The number of nitrogens with zero attached hydrogens (tertiary/aromatic N) is 1. The standard InChI is InChI=1S/C9H7NO.CHNSe/c11-9-8-4-2-1-3-7(8)5-6-10-9;2-1-3/h1-6H,(H,10,11);3H. The first-order chi connectivity index (χ1) is 6.79. The molecule has 0 aliphatic heterocycles. The molecule has 0 aliphatic rings. The van der Waals surface area contributed by atoms with Gasteiger partial charge in [0.15, 0.2) is 0 Å². The van der Waals surface area contributed by atoms with Crippen molar-refractivity contribution in [2.75, 3.05) is 0 Å². The summed E-state index contributed by atoms with van der Waals surface area (Å²) >= 11 is 1.77. The van der Waals surface area contributed by atoms with E-state index in [1.807, 2.05) is 30.3 Å². The number of aromatic amines is 1. The number of aromatic nitrogens is 1. The normalized spacial score (nSPS) is 8.57. The maximum Gasteiger partial charge on any atom is 0.255 e. The van der Waals surface area contributed by atoms with E-state index in [0.29, 0.717) is 0 Å². The smallest absolute Gasteiger partial charge is 0.255 e. The molecule has 1 aromatic carbocycles. The first kappa shape index (κ1) is 10.5. The predicted octanol–water partition coefficient (Wildman–Crippen LogP) is 0.896. The first-order valence-electron chi connectivity index (χ1n) is 3.89. The van der Waals surface area contributed by atoms with Gasteiger partial charge in [-0.1, -0.05) is 18.2 Å². The van der Waals surface area contributed by atoms with Crippen molar-refractivity contribution in [3.05, 3.63) is 46.9 Å². The Morgan fingerprint density at radius 2 is 1.93 bits per heavy atom. The fourth-order valence-corrected chi connectivity index (χ4v) is 1.13. The molecule has 1 N–H and O–H groups in total. The molecule has 0 aliphatic carbocycles. The third kappa shape index (κ3) is 2.46. The van der Waals surface area contributed by atoms with Crippen LogP contribution >= 0.6 is 0 Å². The fourth-order valence-electron chi connectivity index (χ4n) is 1.13. The van der Waals surface area contributed by atoms with E-state index in [9.17, 15) is 4.79 Å². The Morgan fingerprint density at radius 3 is 2.57 bits per heavy atom. The van der Waals surface area contributed by atoms with Gasteiger partial charge in [-0.2, -0.15) is 0 Å². The molecule has 0 saturated heterocycles. The summed E-state index contributed by atoms with van der Waals surface area (Å²) in [5.41, 5.74) is -0.0249. The number of benzene rings is 1. The van der Waals surface area contributed by atoms with Crippen LogP contribution < -0.4 is 5.56 Å². The summed E-state index contributed by atoms with van der Waals surface area (Å²) in [6, 6.07) is 9.40. The van der Waals surface area contributed by atoms with Crippen molar-refractivity contribution in [2.45, 2.75) is 0 Å². The second kappa shape index (κ2) is 5.23. The van der Waals surface area contributed by atoms with E-state index in [4.69, 9.17) is 5.26 Å². The van der Waals surface area contributed by atoms with E-state index in [1.54, 1.807) is 27.2 Å². The number of pyridine rings is 1. The van der Waals surface area contributed by atoms with Gasteiger partial charge in [0.1, 0.15) is 0 Å². The van der Waals surface area contributed by atoms with Crippen molar-refractivity contribution in [3.8, 4) is 4.97 Å². The van der Waals surface area contributed by atoms with Crippen LogP contribution in [0.5, 0.6) is 0 Å². The Hall–Kier alpha value is -1.56. The molecule has 0 atom stereocenters. The van der Waals surface area contributed by atoms with Crippen molar-refractivity contribution in [1.82, 2.24) is 4.98 Å². The maximum absolute atomic E-state index is 11.1. The Balaban J connectivity index is 0.000000293. The third-order valence-electron chi connectivity index (χ3n) is 1.68. The molecule has 3 nitrogen and oxygen atoms in total. The van der Waals surface area contributed by atoms with Crippen LogP contribution in [0, 0.1) is 10.2 Å². The van der Waals surface area contributed by atoms with Gasteiger partial charge < -0.3 is 4.98 Å². The zero-order valence-electron chi connectivity index (χ0n) is 7.27. The van der Waals surface area contributed by atoms with Crippen molar-refractivity contribution < 1.29 is 0 Å². The van der Waals surface area contributed by atoms with Gasteiger partial charge in [-0.15, -0.1) is 0 Å². The van der Waals surface area contributed by atoms with Crippen LogP contribution in [0.2, 0.25) is 0 Å². The molecule has 0 saturated carbocycles. The summed E-state index contributed by atoms with van der Waals surface area (Å²) < 4.78 is 0. The number of fused-ring (bicyclic) bond motifs is 1. The molecule has 4 heteroatoms. The van der Waals surface area contributed by atoms with Crippen LogP contribution in [0.4, 0.5) is 0 Å². The minimum absolute atomic E-state index is 0.0249. The van der Waals surface area contributed by atoms with Crippen molar-refractivity contribution >= 4 is 26.8 Å². The zero-order chi connectivity index (χ0) is 10.4. The van der Waals surface area contributed by atoms with E-state index in [2.05, 4.69) is 4.98 Å². The molecule has 1 heterocycles. The van der Waals surface area contributed by atoms with Crippen molar-refractivity contribution in [3.63, 3.8) is 0 Å². The van der Waals surface area contributed by atoms with Crippen LogP contribution in [-0.4, -0.2) is 21.0 Å². The van der Waals surface area contributed by atoms with E-state index in [-0.39, 0.29) is 5.56 Å². The molecule has 1 aromatic heterocycles. The molecule has 2 aromatic rings.